The van der Waals surface area contributed by atoms with E-state index < -0.39 is 0 Å². The average molecular weight is 335 g/mol. The molecule has 3 N–H and O–H groups in total. The Morgan fingerprint density at radius 3 is 2.84 bits per heavy atom. The molecule has 7 heteroatoms. The van der Waals surface area contributed by atoms with E-state index in [1.54, 1.807) is 10.7 Å². The van der Waals surface area contributed by atoms with Crippen molar-refractivity contribution in [3.8, 4) is 6.07 Å². The number of nitrogen functional groups attached to an aromatic ring is 1. The van der Waals surface area contributed by atoms with Crippen LogP contribution in [0.3, 0.4) is 0 Å². The smallest absolute Gasteiger partial charge is 0.163 e. The second-order valence-electron chi connectivity index (χ2n) is 6.06. The maximum absolute atomic E-state index is 9.53. The van der Waals surface area contributed by atoms with Crippen LogP contribution < -0.4 is 11.1 Å². The van der Waals surface area contributed by atoms with Gasteiger partial charge in [0.2, 0.25) is 0 Å². The van der Waals surface area contributed by atoms with E-state index in [1.807, 2.05) is 32.0 Å². The zero-order valence-corrected chi connectivity index (χ0v) is 14.6. The van der Waals surface area contributed by atoms with Crippen molar-refractivity contribution in [3.05, 3.63) is 46.9 Å². The normalized spacial score (nSPS) is 12.1. The highest BCUT2D eigenvalue weighted by Crippen LogP contribution is 2.25. The second-order valence-corrected chi connectivity index (χ2v) is 6.06. The van der Waals surface area contributed by atoms with Crippen molar-refractivity contribution in [2.75, 3.05) is 11.1 Å². The van der Waals surface area contributed by atoms with Crippen LogP contribution in [0.2, 0.25) is 0 Å². The van der Waals surface area contributed by atoms with E-state index in [9.17, 15) is 5.26 Å². The molecule has 0 aromatic carbocycles. The Morgan fingerprint density at radius 2 is 2.20 bits per heavy atom. The Morgan fingerprint density at radius 1 is 1.40 bits per heavy atom. The monoisotopic (exact) mass is 335 g/mol. The summed E-state index contributed by atoms with van der Waals surface area (Å²) in [5.74, 6) is 0.799. The number of nitrogens with two attached hydrogens (primary N) is 1. The van der Waals surface area contributed by atoms with Crippen molar-refractivity contribution in [2.45, 2.75) is 39.7 Å². The molecular weight excluding hydrogens is 314 g/mol. The van der Waals surface area contributed by atoms with E-state index >= 15 is 0 Å². The van der Waals surface area contributed by atoms with Crippen molar-refractivity contribution in [1.82, 2.24) is 19.6 Å². The van der Waals surface area contributed by atoms with Gasteiger partial charge in [-0.2, -0.15) is 14.9 Å². The van der Waals surface area contributed by atoms with Gasteiger partial charge in [0, 0.05) is 29.9 Å². The van der Waals surface area contributed by atoms with Crippen LogP contribution in [0, 0.1) is 18.3 Å². The van der Waals surface area contributed by atoms with Crippen molar-refractivity contribution in [3.63, 3.8) is 0 Å². The fraction of sp³-hybridized carbons (Fsp3) is 0.333. The number of hydrogen-bond donors (Lipinski definition) is 2. The predicted octanol–water partition coefficient (Wildman–Crippen LogP) is 2.49. The summed E-state index contributed by atoms with van der Waals surface area (Å²) in [5.41, 5.74) is 10.1. The van der Waals surface area contributed by atoms with E-state index in [2.05, 4.69) is 33.4 Å². The van der Waals surface area contributed by atoms with Crippen LogP contribution in [-0.4, -0.2) is 25.6 Å². The van der Waals surface area contributed by atoms with Crippen molar-refractivity contribution >= 4 is 17.3 Å². The van der Waals surface area contributed by atoms with Gasteiger partial charge in [-0.15, -0.1) is 0 Å². The number of pyridine rings is 1. The van der Waals surface area contributed by atoms with Crippen LogP contribution in [0.15, 0.2) is 24.4 Å². The van der Waals surface area contributed by atoms with Crippen molar-refractivity contribution in [2.24, 2.45) is 0 Å². The van der Waals surface area contributed by atoms with Gasteiger partial charge >= 0.3 is 0 Å². The van der Waals surface area contributed by atoms with Crippen LogP contribution in [-0.2, 0) is 12.8 Å². The molecule has 0 spiro atoms. The molecule has 0 bridgehead atoms. The first kappa shape index (κ1) is 16.7. The van der Waals surface area contributed by atoms with Gasteiger partial charge in [0.15, 0.2) is 11.5 Å². The van der Waals surface area contributed by atoms with Crippen LogP contribution >= 0.6 is 0 Å². The van der Waals surface area contributed by atoms with E-state index in [-0.39, 0.29) is 6.04 Å². The Balaban J connectivity index is 1.99. The summed E-state index contributed by atoms with van der Waals surface area (Å²) < 4.78 is 1.56. The van der Waals surface area contributed by atoms with Gasteiger partial charge < -0.3 is 11.1 Å². The minimum Gasteiger partial charge on any atom is -0.382 e. The number of nitriles is 1. The molecule has 7 nitrogen and oxygen atoms in total. The van der Waals surface area contributed by atoms with E-state index in [1.165, 1.54) is 0 Å². The molecule has 0 aliphatic carbocycles. The lowest BCUT2D eigenvalue weighted by atomic mass is 10.1. The van der Waals surface area contributed by atoms with Crippen LogP contribution in [0.25, 0.3) is 5.65 Å². The largest absolute Gasteiger partial charge is 0.382 e. The molecule has 0 saturated carbocycles. The summed E-state index contributed by atoms with van der Waals surface area (Å²) in [6, 6.07) is 8.02. The number of anilines is 2. The van der Waals surface area contributed by atoms with Crippen LogP contribution in [0.4, 0.5) is 11.6 Å². The molecule has 3 heterocycles. The molecule has 0 aliphatic heterocycles. The van der Waals surface area contributed by atoms with Crippen molar-refractivity contribution < 1.29 is 0 Å². The highest BCUT2D eigenvalue weighted by atomic mass is 15.3. The quantitative estimate of drug-likeness (QED) is 0.742. The van der Waals surface area contributed by atoms with Gasteiger partial charge in [-0.25, -0.2) is 4.98 Å². The molecule has 25 heavy (non-hydrogen) atoms. The average Bonchev–Trinajstić information content (AvgIpc) is 2.91. The lowest BCUT2D eigenvalue weighted by Crippen LogP contribution is -2.21. The third-order valence-corrected chi connectivity index (χ3v) is 4.19. The molecule has 0 unspecified atom stereocenters. The topological polar surface area (TPSA) is 105 Å². The molecule has 0 amide bonds. The summed E-state index contributed by atoms with van der Waals surface area (Å²) in [6.07, 6.45) is 3.29. The third kappa shape index (κ3) is 3.11. The Labute approximate surface area is 146 Å². The number of aryl methyl sites for hydroxylation is 2. The first-order valence-electron chi connectivity index (χ1n) is 8.29. The molecule has 128 valence electrons. The number of nitrogens with one attached hydrogen (secondary N) is 1. The maximum Gasteiger partial charge on any atom is 0.163 e. The minimum absolute atomic E-state index is 0.0467. The maximum atomic E-state index is 9.53. The van der Waals surface area contributed by atoms with Gasteiger partial charge in [0.05, 0.1) is 5.69 Å². The number of aromatic nitrogens is 4. The van der Waals surface area contributed by atoms with E-state index in [0.29, 0.717) is 22.8 Å². The molecule has 0 saturated heterocycles. The van der Waals surface area contributed by atoms with Gasteiger partial charge in [0.1, 0.15) is 17.5 Å². The highest BCUT2D eigenvalue weighted by molar-refractivity contribution is 5.69. The fourth-order valence-electron chi connectivity index (χ4n) is 2.96. The fourth-order valence-corrected chi connectivity index (χ4v) is 2.96. The lowest BCUT2D eigenvalue weighted by Gasteiger charge is -2.16. The molecule has 0 radical (unpaired) electrons. The van der Waals surface area contributed by atoms with Gasteiger partial charge in [-0.05, 0) is 32.4 Å². The Kier molecular flexibility index (Phi) is 4.52. The van der Waals surface area contributed by atoms with Crippen LogP contribution in [0.1, 0.15) is 36.4 Å². The van der Waals surface area contributed by atoms with E-state index in [0.717, 1.165) is 29.8 Å². The van der Waals surface area contributed by atoms with Crippen LogP contribution in [0.5, 0.6) is 0 Å². The molecule has 3 rings (SSSR count). The lowest BCUT2D eigenvalue weighted by molar-refractivity contribution is 0.764. The zero-order chi connectivity index (χ0) is 18.0. The minimum atomic E-state index is 0.0467. The summed E-state index contributed by atoms with van der Waals surface area (Å²) in [4.78, 5) is 8.98. The number of fused-ring (bicyclic) bond motifs is 1. The summed E-state index contributed by atoms with van der Waals surface area (Å²) in [6.45, 7) is 6.01. The predicted molar refractivity (Wildman–Crippen MR) is 97.3 cm³/mol. The number of nitrogens with zero attached hydrogens (tertiary/aromatic N) is 5. The first-order chi connectivity index (χ1) is 12.0. The summed E-state index contributed by atoms with van der Waals surface area (Å²) in [5, 5.41) is 17.3. The zero-order valence-electron chi connectivity index (χ0n) is 14.6. The van der Waals surface area contributed by atoms with Gasteiger partial charge in [0.25, 0.3) is 0 Å². The first-order valence-corrected chi connectivity index (χ1v) is 8.29. The molecule has 0 fully saturated rings. The summed E-state index contributed by atoms with van der Waals surface area (Å²) in [7, 11) is 0. The standard InChI is InChI=1S/C18H21N7/c1-4-14-12(3)24-25-16(20)15(10-19)17(23-18(14)25)22-11(2)9-13-7-5-6-8-21-13/h5-8,11H,4,9,20H2,1-3H3,(H,22,23)/t11-/m1/s1. The Hall–Kier alpha value is -3.14. The number of rotatable bonds is 5. The molecule has 1 atom stereocenters. The van der Waals surface area contributed by atoms with Crippen molar-refractivity contribution in [1.29, 1.82) is 5.26 Å². The third-order valence-electron chi connectivity index (χ3n) is 4.19. The van der Waals surface area contributed by atoms with E-state index in [4.69, 9.17) is 5.73 Å². The molecule has 0 aliphatic rings. The second kappa shape index (κ2) is 6.77. The molecule has 3 aromatic heterocycles. The highest BCUT2D eigenvalue weighted by Gasteiger charge is 2.19. The van der Waals surface area contributed by atoms with Gasteiger partial charge in [-0.1, -0.05) is 13.0 Å². The Bertz CT molecular complexity index is 938. The summed E-state index contributed by atoms with van der Waals surface area (Å²) >= 11 is 0. The van der Waals surface area contributed by atoms with Gasteiger partial charge in [-0.3, -0.25) is 4.98 Å². The molecular formula is C18H21N7. The molecule has 3 aromatic rings. The number of hydrogen-bond acceptors (Lipinski definition) is 6. The SMILES string of the molecule is CCc1c(C)nn2c(N)c(C#N)c(N[C@H](C)Cc3ccccn3)nc12.